The molecule has 0 atom stereocenters. The second kappa shape index (κ2) is 6.61. The van der Waals surface area contributed by atoms with Crippen LogP contribution >= 0.6 is 11.3 Å². The van der Waals surface area contributed by atoms with E-state index in [0.717, 1.165) is 5.56 Å². The van der Waals surface area contributed by atoms with Gasteiger partial charge in [0, 0.05) is 5.56 Å². The van der Waals surface area contributed by atoms with Crippen LogP contribution in [0, 0.1) is 6.92 Å². The van der Waals surface area contributed by atoms with Gasteiger partial charge in [-0.1, -0.05) is 48.0 Å². The normalized spacial score (nSPS) is 10.8. The van der Waals surface area contributed by atoms with Crippen LogP contribution in [-0.4, -0.2) is 5.97 Å². The number of rotatable bonds is 3. The second-order valence-corrected chi connectivity index (χ2v) is 6.77. The molecule has 2 aromatic carbocycles. The Kier molecular flexibility index (Phi) is 4.14. The highest BCUT2D eigenvalue weighted by atomic mass is 32.1. The highest BCUT2D eigenvalue weighted by Crippen LogP contribution is 2.31. The maximum Gasteiger partial charge on any atom is 0.353 e. The summed E-state index contributed by atoms with van der Waals surface area (Å²) < 4.78 is 11.4. The number of para-hydroxylation sites is 1. The van der Waals surface area contributed by atoms with Crippen LogP contribution in [-0.2, 0) is 0 Å². The molecule has 5 heteroatoms. The number of ether oxygens (including phenoxy) is 1. The zero-order valence-corrected chi connectivity index (χ0v) is 14.7. The Morgan fingerprint density at radius 3 is 2.50 bits per heavy atom. The summed E-state index contributed by atoms with van der Waals surface area (Å²) in [5, 5.41) is 2.15. The first-order chi connectivity index (χ1) is 12.6. The van der Waals surface area contributed by atoms with Crippen LogP contribution in [0.15, 0.2) is 75.3 Å². The minimum absolute atomic E-state index is 0.0917. The van der Waals surface area contributed by atoms with Crippen molar-refractivity contribution in [1.29, 1.82) is 0 Å². The van der Waals surface area contributed by atoms with Crippen LogP contribution in [0.2, 0.25) is 0 Å². The van der Waals surface area contributed by atoms with Gasteiger partial charge in [0.25, 0.3) is 0 Å². The van der Waals surface area contributed by atoms with E-state index >= 15 is 0 Å². The van der Waals surface area contributed by atoms with Crippen molar-refractivity contribution in [1.82, 2.24) is 0 Å². The molecule has 4 nitrogen and oxygen atoms in total. The number of benzene rings is 2. The fourth-order valence-corrected chi connectivity index (χ4v) is 3.25. The van der Waals surface area contributed by atoms with E-state index in [0.29, 0.717) is 21.4 Å². The van der Waals surface area contributed by atoms with Crippen LogP contribution in [0.4, 0.5) is 0 Å². The van der Waals surface area contributed by atoms with Gasteiger partial charge < -0.3 is 9.15 Å². The number of esters is 1. The van der Waals surface area contributed by atoms with Crippen LogP contribution < -0.4 is 10.2 Å². The lowest BCUT2D eigenvalue weighted by molar-refractivity contribution is 0.0736. The first-order valence-corrected chi connectivity index (χ1v) is 8.90. The van der Waals surface area contributed by atoms with E-state index in [1.807, 2.05) is 31.2 Å². The van der Waals surface area contributed by atoms with Crippen LogP contribution in [0.25, 0.3) is 22.3 Å². The quantitative estimate of drug-likeness (QED) is 0.479. The van der Waals surface area contributed by atoms with Crippen molar-refractivity contribution in [3.8, 4) is 17.1 Å². The van der Waals surface area contributed by atoms with Crippen LogP contribution in [0.1, 0.15) is 15.2 Å². The third kappa shape index (κ3) is 2.93. The lowest BCUT2D eigenvalue weighted by Crippen LogP contribution is -2.15. The van der Waals surface area contributed by atoms with E-state index in [9.17, 15) is 9.59 Å². The van der Waals surface area contributed by atoms with Gasteiger partial charge in [-0.3, -0.25) is 4.79 Å². The molecule has 2 aromatic heterocycles. The minimum atomic E-state index is -0.573. The summed E-state index contributed by atoms with van der Waals surface area (Å²) in [7, 11) is 0. The molecule has 0 unspecified atom stereocenters. The van der Waals surface area contributed by atoms with Gasteiger partial charge in [0.05, 0.1) is 5.39 Å². The number of carbonyl (C=O) groups is 1. The Morgan fingerprint density at radius 1 is 1.00 bits per heavy atom. The summed E-state index contributed by atoms with van der Waals surface area (Å²) in [4.78, 5) is 25.8. The summed E-state index contributed by atoms with van der Waals surface area (Å²) in [5.74, 6) is -0.416. The Hall–Kier alpha value is -3.18. The fraction of sp³-hybridized carbons (Fsp3) is 0.0476. The molecule has 0 radical (unpaired) electrons. The van der Waals surface area contributed by atoms with Gasteiger partial charge in [-0.05, 0) is 30.5 Å². The molecule has 4 aromatic rings. The van der Waals surface area contributed by atoms with Crippen molar-refractivity contribution in [2.75, 3.05) is 0 Å². The minimum Gasteiger partial charge on any atom is -0.452 e. The zero-order chi connectivity index (χ0) is 18.1. The SMILES string of the molecule is Cc1ccc(-c2oc3ccccc3c(=O)c2OC(=O)c2cccs2)cc1. The van der Waals surface area contributed by atoms with E-state index in [1.54, 1.807) is 41.8 Å². The van der Waals surface area contributed by atoms with Gasteiger partial charge in [-0.2, -0.15) is 0 Å². The maximum absolute atomic E-state index is 13.0. The summed E-state index contributed by atoms with van der Waals surface area (Å²) in [6, 6.07) is 17.8. The second-order valence-electron chi connectivity index (χ2n) is 5.82. The van der Waals surface area contributed by atoms with Gasteiger partial charge in [0.15, 0.2) is 5.76 Å². The molecule has 0 saturated heterocycles. The van der Waals surface area contributed by atoms with Crippen molar-refractivity contribution in [3.05, 3.63) is 86.7 Å². The average molecular weight is 362 g/mol. The molecule has 26 heavy (non-hydrogen) atoms. The molecular weight excluding hydrogens is 348 g/mol. The Balaban J connectivity index is 1.92. The number of hydrogen-bond donors (Lipinski definition) is 0. The van der Waals surface area contributed by atoms with Crippen molar-refractivity contribution in [2.24, 2.45) is 0 Å². The number of carbonyl (C=O) groups excluding carboxylic acids is 1. The Bertz CT molecular complexity index is 1140. The summed E-state index contributed by atoms with van der Waals surface area (Å²) in [6.07, 6.45) is 0. The molecule has 0 N–H and O–H groups in total. The van der Waals surface area contributed by atoms with Gasteiger partial charge in [-0.25, -0.2) is 4.79 Å². The van der Waals surface area contributed by atoms with Crippen molar-refractivity contribution in [3.63, 3.8) is 0 Å². The predicted octanol–water partition coefficient (Wildman–Crippen LogP) is 5.05. The molecule has 0 aliphatic heterocycles. The number of thiophene rings is 1. The summed E-state index contributed by atoms with van der Waals surface area (Å²) >= 11 is 1.26. The van der Waals surface area contributed by atoms with E-state index in [2.05, 4.69) is 0 Å². The van der Waals surface area contributed by atoms with Gasteiger partial charge in [-0.15, -0.1) is 11.3 Å². The first-order valence-electron chi connectivity index (χ1n) is 8.02. The highest BCUT2D eigenvalue weighted by Gasteiger charge is 2.21. The zero-order valence-electron chi connectivity index (χ0n) is 13.9. The molecule has 128 valence electrons. The van der Waals surface area contributed by atoms with Gasteiger partial charge >= 0.3 is 5.97 Å². The first kappa shape index (κ1) is 16.3. The average Bonchev–Trinajstić information content (AvgIpc) is 3.19. The maximum atomic E-state index is 13.0. The monoisotopic (exact) mass is 362 g/mol. The standard InChI is InChI=1S/C21H14O4S/c1-13-8-10-14(11-9-13)19-20(25-21(23)17-7-4-12-26-17)18(22)15-5-2-3-6-16(15)24-19/h2-12H,1H3. The summed E-state index contributed by atoms with van der Waals surface area (Å²) in [6.45, 7) is 1.97. The Morgan fingerprint density at radius 2 is 1.77 bits per heavy atom. The van der Waals surface area contributed by atoms with E-state index in [1.165, 1.54) is 11.3 Å². The number of fused-ring (bicyclic) bond motifs is 1. The third-order valence-electron chi connectivity index (χ3n) is 3.99. The molecule has 2 heterocycles. The number of hydrogen-bond acceptors (Lipinski definition) is 5. The van der Waals surface area contributed by atoms with Crippen LogP contribution in [0.3, 0.4) is 0 Å². The molecule has 0 amide bonds. The third-order valence-corrected chi connectivity index (χ3v) is 4.84. The fourth-order valence-electron chi connectivity index (χ4n) is 2.65. The molecule has 0 aliphatic rings. The predicted molar refractivity (Wildman–Crippen MR) is 102 cm³/mol. The Labute approximate surface area is 153 Å². The topological polar surface area (TPSA) is 56.5 Å². The smallest absolute Gasteiger partial charge is 0.353 e. The van der Waals surface area contributed by atoms with Crippen molar-refractivity contribution < 1.29 is 13.9 Å². The lowest BCUT2D eigenvalue weighted by atomic mass is 10.1. The van der Waals surface area contributed by atoms with Crippen LogP contribution in [0.5, 0.6) is 5.75 Å². The van der Waals surface area contributed by atoms with E-state index < -0.39 is 5.97 Å². The lowest BCUT2D eigenvalue weighted by Gasteiger charge is -2.10. The van der Waals surface area contributed by atoms with Crippen molar-refractivity contribution in [2.45, 2.75) is 6.92 Å². The van der Waals surface area contributed by atoms with E-state index in [-0.39, 0.29) is 16.9 Å². The molecule has 0 saturated carbocycles. The molecule has 0 spiro atoms. The van der Waals surface area contributed by atoms with Gasteiger partial charge in [0.2, 0.25) is 11.2 Å². The van der Waals surface area contributed by atoms with E-state index in [4.69, 9.17) is 9.15 Å². The molecule has 0 bridgehead atoms. The molecule has 0 fully saturated rings. The molecule has 4 rings (SSSR count). The van der Waals surface area contributed by atoms with Crippen molar-refractivity contribution >= 4 is 28.3 Å². The van der Waals surface area contributed by atoms with Gasteiger partial charge in [0.1, 0.15) is 10.5 Å². The highest BCUT2D eigenvalue weighted by molar-refractivity contribution is 7.12. The molecular formula is C21H14O4S. The summed E-state index contributed by atoms with van der Waals surface area (Å²) in [5.41, 5.74) is 1.83. The largest absolute Gasteiger partial charge is 0.452 e. The number of aryl methyl sites for hydroxylation is 1. The molecule has 0 aliphatic carbocycles.